The van der Waals surface area contributed by atoms with Gasteiger partial charge in [0.15, 0.2) is 0 Å². The predicted octanol–water partition coefficient (Wildman–Crippen LogP) is 3.85. The first-order chi connectivity index (χ1) is 17.1. The van der Waals surface area contributed by atoms with E-state index in [1.807, 2.05) is 6.07 Å². The topological polar surface area (TPSA) is 114 Å². The molecular weight excluding hydrogens is 468 g/mol. The molecular formula is C25H33ClN6O3. The summed E-state index contributed by atoms with van der Waals surface area (Å²) in [6.45, 7) is 3.01. The van der Waals surface area contributed by atoms with Gasteiger partial charge in [-0.2, -0.15) is 5.26 Å². The largest absolute Gasteiger partial charge is 0.475 e. The molecule has 1 saturated heterocycles. The minimum Gasteiger partial charge on any atom is -0.475 e. The summed E-state index contributed by atoms with van der Waals surface area (Å²) in [5, 5.41) is 17.2. The molecule has 0 bridgehead atoms. The Morgan fingerprint density at radius 3 is 2.69 bits per heavy atom. The van der Waals surface area contributed by atoms with Crippen molar-refractivity contribution in [2.45, 2.75) is 50.6 Å². The molecule has 10 heteroatoms. The Bertz CT molecular complexity index is 1000. The highest BCUT2D eigenvalue weighted by molar-refractivity contribution is 6.33. The second-order valence-corrected chi connectivity index (χ2v) is 9.63. The average molecular weight is 501 g/mol. The van der Waals surface area contributed by atoms with Gasteiger partial charge in [0.1, 0.15) is 12.4 Å². The van der Waals surface area contributed by atoms with E-state index in [4.69, 9.17) is 25.8 Å². The zero-order valence-corrected chi connectivity index (χ0v) is 20.9. The summed E-state index contributed by atoms with van der Waals surface area (Å²) in [5.41, 5.74) is 0.777. The maximum atomic E-state index is 9.66. The van der Waals surface area contributed by atoms with Crippen molar-refractivity contribution in [1.29, 1.82) is 5.26 Å². The average Bonchev–Trinajstić information content (AvgIpc) is 2.90. The van der Waals surface area contributed by atoms with Crippen LogP contribution in [0.5, 0.6) is 5.88 Å². The normalized spacial score (nSPS) is 21.7. The van der Waals surface area contributed by atoms with Gasteiger partial charge in [0.05, 0.1) is 41.2 Å². The van der Waals surface area contributed by atoms with Crippen LogP contribution < -0.4 is 15.4 Å². The highest BCUT2D eigenvalue weighted by atomic mass is 35.5. The standard InChI is InChI=1S/C25H33ClN6O3/c1-33-11-8-29-18-2-4-19(5-3-18)31-23-12-20(21(26)13-30-23)22-14-28-15-24(32-22)35-17-25(16-27)6-9-34-10-7-25/h12-15,18-19,29H,2-11,17H2,1H3,(H,30,31)/t18-,19-. The van der Waals surface area contributed by atoms with E-state index in [2.05, 4.69) is 31.7 Å². The summed E-state index contributed by atoms with van der Waals surface area (Å²) in [7, 11) is 1.72. The lowest BCUT2D eigenvalue weighted by Crippen LogP contribution is -2.38. The summed E-state index contributed by atoms with van der Waals surface area (Å²) in [4.78, 5) is 13.4. The van der Waals surface area contributed by atoms with Gasteiger partial charge in [-0.3, -0.25) is 4.98 Å². The van der Waals surface area contributed by atoms with Gasteiger partial charge in [-0.1, -0.05) is 11.6 Å². The molecule has 3 heterocycles. The fourth-order valence-corrected chi connectivity index (χ4v) is 4.74. The summed E-state index contributed by atoms with van der Waals surface area (Å²) in [6, 6.07) is 5.21. The molecule has 2 aliphatic rings. The second-order valence-electron chi connectivity index (χ2n) is 9.22. The molecule has 2 N–H and O–H groups in total. The van der Waals surface area contributed by atoms with Crippen molar-refractivity contribution in [1.82, 2.24) is 20.3 Å². The number of hydrogen-bond donors (Lipinski definition) is 2. The first kappa shape index (κ1) is 25.6. The molecule has 4 rings (SSSR count). The highest BCUT2D eigenvalue weighted by Crippen LogP contribution is 2.32. The Balaban J connectivity index is 1.38. The zero-order valence-electron chi connectivity index (χ0n) is 20.1. The smallest absolute Gasteiger partial charge is 0.232 e. The number of halogens is 1. The molecule has 0 aromatic carbocycles. The molecule has 0 unspecified atom stereocenters. The molecule has 188 valence electrons. The number of rotatable bonds is 10. The van der Waals surface area contributed by atoms with Crippen molar-refractivity contribution in [2.75, 3.05) is 45.4 Å². The van der Waals surface area contributed by atoms with Crippen LogP contribution in [0.1, 0.15) is 38.5 Å². The van der Waals surface area contributed by atoms with Crippen molar-refractivity contribution in [2.24, 2.45) is 5.41 Å². The second kappa shape index (κ2) is 12.5. The van der Waals surface area contributed by atoms with Gasteiger partial charge in [-0.05, 0) is 44.6 Å². The van der Waals surface area contributed by atoms with E-state index < -0.39 is 5.41 Å². The van der Waals surface area contributed by atoms with Crippen molar-refractivity contribution in [3.05, 3.63) is 29.7 Å². The summed E-state index contributed by atoms with van der Waals surface area (Å²) in [5.74, 6) is 1.13. The van der Waals surface area contributed by atoms with Crippen LogP contribution >= 0.6 is 11.6 Å². The Hall–Kier alpha value is -2.51. The Labute approximate surface area is 211 Å². The van der Waals surface area contributed by atoms with Gasteiger partial charge in [0.2, 0.25) is 5.88 Å². The molecule has 0 radical (unpaired) electrons. The van der Waals surface area contributed by atoms with Crippen LogP contribution in [0, 0.1) is 16.7 Å². The molecule has 9 nitrogen and oxygen atoms in total. The first-order valence-corrected chi connectivity index (χ1v) is 12.6. The van der Waals surface area contributed by atoms with Gasteiger partial charge >= 0.3 is 0 Å². The van der Waals surface area contributed by atoms with E-state index in [0.29, 0.717) is 54.7 Å². The molecule has 1 saturated carbocycles. The molecule has 2 fully saturated rings. The molecule has 1 aliphatic heterocycles. The van der Waals surface area contributed by atoms with E-state index in [1.54, 1.807) is 25.7 Å². The van der Waals surface area contributed by atoms with Crippen LogP contribution in [-0.2, 0) is 9.47 Å². The minimum absolute atomic E-state index is 0.255. The third kappa shape index (κ3) is 7.01. The molecule has 2 aromatic heterocycles. The Morgan fingerprint density at radius 1 is 1.17 bits per heavy atom. The zero-order chi connectivity index (χ0) is 24.5. The number of nitrogens with one attached hydrogen (secondary N) is 2. The maximum Gasteiger partial charge on any atom is 0.232 e. The van der Waals surface area contributed by atoms with Gasteiger partial charge in [-0.25, -0.2) is 9.97 Å². The van der Waals surface area contributed by atoms with Crippen molar-refractivity contribution in [3.63, 3.8) is 0 Å². The number of aromatic nitrogens is 3. The van der Waals surface area contributed by atoms with Gasteiger partial charge < -0.3 is 24.8 Å². The van der Waals surface area contributed by atoms with Crippen molar-refractivity contribution >= 4 is 17.4 Å². The molecule has 2 aromatic rings. The lowest BCUT2D eigenvalue weighted by Gasteiger charge is -2.30. The van der Waals surface area contributed by atoms with Crippen LogP contribution in [0.15, 0.2) is 24.7 Å². The van der Waals surface area contributed by atoms with Crippen LogP contribution in [0.3, 0.4) is 0 Å². The van der Waals surface area contributed by atoms with Gasteiger partial charge in [-0.15, -0.1) is 0 Å². The van der Waals surface area contributed by atoms with Crippen molar-refractivity contribution < 1.29 is 14.2 Å². The third-order valence-corrected chi connectivity index (χ3v) is 7.05. The predicted molar refractivity (Wildman–Crippen MR) is 133 cm³/mol. The van der Waals surface area contributed by atoms with E-state index in [-0.39, 0.29) is 6.61 Å². The van der Waals surface area contributed by atoms with Crippen LogP contribution in [0.4, 0.5) is 5.82 Å². The number of ether oxygens (including phenoxy) is 3. The number of anilines is 1. The fraction of sp³-hybridized carbons (Fsp3) is 0.600. The number of methoxy groups -OCH3 is 1. The number of hydrogen-bond acceptors (Lipinski definition) is 9. The molecule has 0 amide bonds. The number of nitriles is 1. The number of nitrogens with zero attached hydrogens (tertiary/aromatic N) is 4. The van der Waals surface area contributed by atoms with E-state index in [1.165, 1.54) is 0 Å². The van der Waals surface area contributed by atoms with Gasteiger partial charge in [0, 0.05) is 50.7 Å². The SMILES string of the molecule is COCCN[C@H]1CC[C@H](Nc2cc(-c3cncc(OCC4(C#N)CCOCC4)n3)c(Cl)cn2)CC1. The third-order valence-electron chi connectivity index (χ3n) is 6.75. The minimum atomic E-state index is -0.556. The molecule has 1 aliphatic carbocycles. The molecule has 35 heavy (non-hydrogen) atoms. The lowest BCUT2D eigenvalue weighted by molar-refractivity contribution is 0.0182. The van der Waals surface area contributed by atoms with Gasteiger partial charge in [0.25, 0.3) is 0 Å². The fourth-order valence-electron chi connectivity index (χ4n) is 4.54. The Kier molecular flexibility index (Phi) is 9.10. The van der Waals surface area contributed by atoms with E-state index >= 15 is 0 Å². The van der Waals surface area contributed by atoms with E-state index in [9.17, 15) is 5.26 Å². The Morgan fingerprint density at radius 2 is 1.94 bits per heavy atom. The summed E-state index contributed by atoms with van der Waals surface area (Å²) in [6.07, 6.45) is 10.5. The monoisotopic (exact) mass is 500 g/mol. The quantitative estimate of drug-likeness (QED) is 0.469. The van der Waals surface area contributed by atoms with Crippen LogP contribution in [0.2, 0.25) is 5.02 Å². The first-order valence-electron chi connectivity index (χ1n) is 12.2. The lowest BCUT2D eigenvalue weighted by atomic mass is 9.83. The van der Waals surface area contributed by atoms with Crippen molar-refractivity contribution in [3.8, 4) is 23.2 Å². The van der Waals surface area contributed by atoms with Crippen LogP contribution in [-0.4, -0.2) is 67.1 Å². The highest BCUT2D eigenvalue weighted by Gasteiger charge is 2.34. The van der Waals surface area contributed by atoms with Crippen LogP contribution in [0.25, 0.3) is 11.3 Å². The summed E-state index contributed by atoms with van der Waals surface area (Å²) < 4.78 is 16.4. The summed E-state index contributed by atoms with van der Waals surface area (Å²) >= 11 is 6.47. The maximum absolute atomic E-state index is 9.66. The molecule has 0 atom stereocenters. The molecule has 0 spiro atoms. The van der Waals surface area contributed by atoms with E-state index in [0.717, 1.165) is 50.2 Å². The number of pyridine rings is 1.